The molecule has 0 fully saturated rings. The summed E-state index contributed by atoms with van der Waals surface area (Å²) < 4.78 is 19.5. The Morgan fingerprint density at radius 1 is 1.44 bits per heavy atom. The molecule has 0 bridgehead atoms. The van der Waals surface area contributed by atoms with Crippen molar-refractivity contribution in [2.24, 2.45) is 10.9 Å². The molecular weight excluding hydrogens is 253 g/mol. The van der Waals surface area contributed by atoms with Crippen LogP contribution in [0.2, 0.25) is 0 Å². The van der Waals surface area contributed by atoms with Crippen LogP contribution in [-0.2, 0) is 0 Å². The fraction of sp³-hybridized carbons (Fsp3) is 0.500. The average Bonchev–Trinajstić information content (AvgIpc) is 2.22. The topological polar surface area (TPSA) is 21.6 Å². The van der Waals surface area contributed by atoms with E-state index in [1.165, 1.54) is 6.07 Å². The summed E-state index contributed by atoms with van der Waals surface area (Å²) in [6.07, 6.45) is 0.735. The fourth-order valence-corrected chi connectivity index (χ4v) is 2.64. The van der Waals surface area contributed by atoms with Crippen molar-refractivity contribution in [3.05, 3.63) is 29.1 Å². The van der Waals surface area contributed by atoms with E-state index in [0.717, 1.165) is 6.42 Å². The Morgan fingerprint density at radius 3 is 2.72 bits per heavy atom. The molecule has 0 N–H and O–H groups in total. The smallest absolute Gasteiger partial charge is 0.199 e. The van der Waals surface area contributed by atoms with Crippen LogP contribution in [0, 0.1) is 18.7 Å². The first-order valence-electron chi connectivity index (χ1n) is 6.06. The van der Waals surface area contributed by atoms with Gasteiger partial charge in [0.25, 0.3) is 0 Å². The Bertz CT molecular complexity index is 513. The molecule has 1 aromatic rings. The SMILES string of the molecule is Cc1c(F)ccc2c1OC(C)(CC(C)C)N=C2Cl. The lowest BCUT2D eigenvalue weighted by Gasteiger charge is -2.33. The molecule has 18 heavy (non-hydrogen) atoms. The van der Waals surface area contributed by atoms with E-state index in [2.05, 4.69) is 18.8 Å². The van der Waals surface area contributed by atoms with Crippen molar-refractivity contribution in [3.63, 3.8) is 0 Å². The van der Waals surface area contributed by atoms with E-state index >= 15 is 0 Å². The molecular formula is C14H17ClFNO. The molecule has 0 radical (unpaired) electrons. The number of hydrogen-bond donors (Lipinski definition) is 0. The lowest BCUT2D eigenvalue weighted by molar-refractivity contribution is 0.0703. The summed E-state index contributed by atoms with van der Waals surface area (Å²) in [6.45, 7) is 7.75. The zero-order chi connectivity index (χ0) is 13.5. The number of nitrogens with zero attached hydrogens (tertiary/aromatic N) is 1. The fourth-order valence-electron chi connectivity index (χ4n) is 2.32. The minimum absolute atomic E-state index is 0.285. The van der Waals surface area contributed by atoms with Gasteiger partial charge in [-0.05, 0) is 31.9 Å². The second-order valence-electron chi connectivity index (χ2n) is 5.33. The zero-order valence-corrected chi connectivity index (χ0v) is 11.8. The van der Waals surface area contributed by atoms with Crippen molar-refractivity contribution in [1.82, 2.24) is 0 Å². The summed E-state index contributed by atoms with van der Waals surface area (Å²) in [7, 11) is 0. The number of fused-ring (bicyclic) bond motifs is 1. The van der Waals surface area contributed by atoms with Crippen LogP contribution in [0.5, 0.6) is 5.75 Å². The van der Waals surface area contributed by atoms with Gasteiger partial charge in [0.15, 0.2) is 5.72 Å². The summed E-state index contributed by atoms with van der Waals surface area (Å²) in [5.41, 5.74) is 0.434. The second-order valence-corrected chi connectivity index (χ2v) is 5.68. The van der Waals surface area contributed by atoms with E-state index in [1.807, 2.05) is 6.92 Å². The minimum atomic E-state index is -0.712. The Balaban J connectivity index is 2.48. The molecule has 4 heteroatoms. The van der Waals surface area contributed by atoms with Crippen LogP contribution in [0.25, 0.3) is 0 Å². The van der Waals surface area contributed by atoms with Crippen molar-refractivity contribution in [3.8, 4) is 5.75 Å². The third-order valence-electron chi connectivity index (χ3n) is 3.01. The van der Waals surface area contributed by atoms with Gasteiger partial charge >= 0.3 is 0 Å². The summed E-state index contributed by atoms with van der Waals surface area (Å²) in [4.78, 5) is 4.40. The molecule has 1 atom stereocenters. The number of halogens is 2. The van der Waals surface area contributed by atoms with Gasteiger partial charge in [-0.3, -0.25) is 0 Å². The molecule has 98 valence electrons. The first-order valence-corrected chi connectivity index (χ1v) is 6.44. The highest BCUT2D eigenvalue weighted by Crippen LogP contribution is 2.37. The van der Waals surface area contributed by atoms with E-state index in [4.69, 9.17) is 16.3 Å². The molecule has 0 aliphatic carbocycles. The van der Waals surface area contributed by atoms with Gasteiger partial charge < -0.3 is 4.74 Å². The maximum absolute atomic E-state index is 13.6. The van der Waals surface area contributed by atoms with E-state index in [0.29, 0.717) is 28.0 Å². The molecule has 2 rings (SSSR count). The van der Waals surface area contributed by atoms with Crippen LogP contribution in [0.4, 0.5) is 4.39 Å². The average molecular weight is 270 g/mol. The molecule has 1 heterocycles. The predicted molar refractivity (Wildman–Crippen MR) is 72.0 cm³/mol. The minimum Gasteiger partial charge on any atom is -0.465 e. The van der Waals surface area contributed by atoms with E-state index in [1.54, 1.807) is 13.0 Å². The van der Waals surface area contributed by atoms with Crippen LogP contribution in [0.3, 0.4) is 0 Å². The van der Waals surface area contributed by atoms with Crippen molar-refractivity contribution in [2.45, 2.75) is 39.8 Å². The zero-order valence-electron chi connectivity index (χ0n) is 11.1. The predicted octanol–water partition coefficient (Wildman–Crippen LogP) is 4.27. The van der Waals surface area contributed by atoms with Crippen molar-refractivity contribution >= 4 is 16.8 Å². The summed E-state index contributed by atoms with van der Waals surface area (Å²) >= 11 is 6.19. The molecule has 2 nitrogen and oxygen atoms in total. The van der Waals surface area contributed by atoms with Gasteiger partial charge in [0, 0.05) is 12.0 Å². The third-order valence-corrected chi connectivity index (χ3v) is 3.29. The van der Waals surface area contributed by atoms with E-state index in [-0.39, 0.29) is 5.82 Å². The molecule has 0 saturated heterocycles. The molecule has 0 spiro atoms. The largest absolute Gasteiger partial charge is 0.465 e. The summed E-state index contributed by atoms with van der Waals surface area (Å²) in [6, 6.07) is 3.00. The molecule has 0 amide bonds. The Morgan fingerprint density at radius 2 is 2.11 bits per heavy atom. The number of hydrogen-bond acceptors (Lipinski definition) is 2. The standard InChI is InChI=1S/C14H17ClFNO/c1-8(2)7-14(4)17-13(15)10-5-6-11(16)9(3)12(10)18-14/h5-6,8H,7H2,1-4H3. The molecule has 1 aliphatic rings. The van der Waals surface area contributed by atoms with Crippen molar-refractivity contribution < 1.29 is 9.13 Å². The van der Waals surface area contributed by atoms with Crippen LogP contribution in [-0.4, -0.2) is 10.9 Å². The molecule has 1 aromatic carbocycles. The van der Waals surface area contributed by atoms with Gasteiger partial charge in [-0.1, -0.05) is 25.4 Å². The molecule has 0 saturated carbocycles. The van der Waals surface area contributed by atoms with Crippen LogP contribution < -0.4 is 4.74 Å². The molecule has 0 aromatic heterocycles. The maximum Gasteiger partial charge on any atom is 0.199 e. The molecule has 1 unspecified atom stereocenters. The maximum atomic E-state index is 13.6. The van der Waals surface area contributed by atoms with E-state index in [9.17, 15) is 4.39 Å². The van der Waals surface area contributed by atoms with Gasteiger partial charge in [0.1, 0.15) is 16.7 Å². The van der Waals surface area contributed by atoms with Gasteiger partial charge in [-0.2, -0.15) is 0 Å². The Kier molecular flexibility index (Phi) is 3.37. The second kappa shape index (κ2) is 4.54. The van der Waals surface area contributed by atoms with E-state index < -0.39 is 5.72 Å². The monoisotopic (exact) mass is 269 g/mol. The molecule has 1 aliphatic heterocycles. The van der Waals surface area contributed by atoms with Gasteiger partial charge in [-0.15, -0.1) is 0 Å². The number of aliphatic imine (C=N–C) groups is 1. The van der Waals surface area contributed by atoms with Crippen LogP contribution >= 0.6 is 11.6 Å². The summed E-state index contributed by atoms with van der Waals surface area (Å²) in [5.74, 6) is 0.642. The highest BCUT2D eigenvalue weighted by atomic mass is 35.5. The van der Waals surface area contributed by atoms with Crippen LogP contribution in [0.15, 0.2) is 17.1 Å². The normalized spacial score (nSPS) is 22.5. The third kappa shape index (κ3) is 2.37. The van der Waals surface area contributed by atoms with Gasteiger partial charge in [0.05, 0.1) is 5.56 Å². The lowest BCUT2D eigenvalue weighted by Crippen LogP contribution is -2.36. The highest BCUT2D eigenvalue weighted by Gasteiger charge is 2.34. The van der Waals surface area contributed by atoms with Crippen molar-refractivity contribution in [2.75, 3.05) is 0 Å². The van der Waals surface area contributed by atoms with Crippen LogP contribution in [0.1, 0.15) is 38.3 Å². The Labute approximate surface area is 112 Å². The summed E-state index contributed by atoms with van der Waals surface area (Å²) in [5, 5.41) is 0.391. The number of ether oxygens (including phenoxy) is 1. The lowest BCUT2D eigenvalue weighted by atomic mass is 10.00. The first-order chi connectivity index (χ1) is 8.32. The van der Waals surface area contributed by atoms with Gasteiger partial charge in [0.2, 0.25) is 0 Å². The number of rotatable bonds is 2. The van der Waals surface area contributed by atoms with Gasteiger partial charge in [-0.25, -0.2) is 9.38 Å². The quantitative estimate of drug-likeness (QED) is 0.785. The highest BCUT2D eigenvalue weighted by molar-refractivity contribution is 6.70. The Hall–Kier alpha value is -1.09. The first kappa shape index (κ1) is 13.3. The number of benzene rings is 1. The van der Waals surface area contributed by atoms with Crippen molar-refractivity contribution in [1.29, 1.82) is 0 Å².